The number of rotatable bonds is 5. The van der Waals surface area contributed by atoms with E-state index in [1.165, 1.54) is 19.2 Å². The molecule has 1 aromatic carbocycles. The van der Waals surface area contributed by atoms with E-state index in [1.807, 2.05) is 6.92 Å². The predicted molar refractivity (Wildman–Crippen MR) is 59.5 cm³/mol. The van der Waals surface area contributed by atoms with Gasteiger partial charge in [0.05, 0.1) is 19.3 Å². The summed E-state index contributed by atoms with van der Waals surface area (Å²) in [6, 6.07) is 3.97. The van der Waals surface area contributed by atoms with Gasteiger partial charge in [0.15, 0.2) is 0 Å². The maximum absolute atomic E-state index is 13.2. The van der Waals surface area contributed by atoms with Gasteiger partial charge in [0.1, 0.15) is 11.6 Å². The zero-order valence-corrected chi connectivity index (χ0v) is 9.66. The van der Waals surface area contributed by atoms with Gasteiger partial charge in [0.2, 0.25) is 0 Å². The molecule has 16 heavy (non-hydrogen) atoms. The van der Waals surface area contributed by atoms with Crippen LogP contribution in [0.2, 0.25) is 0 Å². The summed E-state index contributed by atoms with van der Waals surface area (Å²) in [5, 5.41) is 0. The van der Waals surface area contributed by atoms with E-state index in [1.54, 1.807) is 13.2 Å². The highest BCUT2D eigenvalue weighted by atomic mass is 19.1. The molecular weight excluding hydrogens is 211 g/mol. The molecule has 4 nitrogen and oxygen atoms in total. The lowest BCUT2D eigenvalue weighted by Gasteiger charge is -2.24. The van der Waals surface area contributed by atoms with Gasteiger partial charge in [-0.3, -0.25) is 11.3 Å². The van der Waals surface area contributed by atoms with Crippen LogP contribution >= 0.6 is 0 Å². The van der Waals surface area contributed by atoms with Crippen molar-refractivity contribution in [2.45, 2.75) is 19.1 Å². The maximum atomic E-state index is 13.2. The Labute approximate surface area is 94.5 Å². The third kappa shape index (κ3) is 2.69. The molecule has 0 radical (unpaired) electrons. The van der Waals surface area contributed by atoms with Crippen molar-refractivity contribution in [3.63, 3.8) is 0 Å². The highest BCUT2D eigenvalue weighted by molar-refractivity contribution is 5.37. The van der Waals surface area contributed by atoms with Crippen LogP contribution in [0.4, 0.5) is 4.39 Å². The minimum atomic E-state index is -0.334. The predicted octanol–water partition coefficient (Wildman–Crippen LogP) is 1.37. The van der Waals surface area contributed by atoms with E-state index in [9.17, 15) is 4.39 Å². The first-order chi connectivity index (χ1) is 7.63. The van der Waals surface area contributed by atoms with Gasteiger partial charge in [-0.2, -0.15) is 0 Å². The first-order valence-electron chi connectivity index (χ1n) is 4.96. The van der Waals surface area contributed by atoms with Crippen molar-refractivity contribution < 1.29 is 13.9 Å². The molecule has 0 aliphatic heterocycles. The molecule has 0 aliphatic rings. The number of nitrogens with two attached hydrogens (primary N) is 1. The van der Waals surface area contributed by atoms with E-state index in [-0.39, 0.29) is 18.0 Å². The number of nitrogens with one attached hydrogen (secondary N) is 1. The van der Waals surface area contributed by atoms with Crippen molar-refractivity contribution >= 4 is 0 Å². The normalized spacial score (nSPS) is 14.6. The lowest BCUT2D eigenvalue weighted by atomic mass is 10.0. The SMILES string of the molecule is COc1ccc(F)cc1C(NN)C(C)OC. The molecule has 0 aliphatic carbocycles. The van der Waals surface area contributed by atoms with Crippen LogP contribution in [0.3, 0.4) is 0 Å². The monoisotopic (exact) mass is 228 g/mol. The van der Waals surface area contributed by atoms with Gasteiger partial charge in [0, 0.05) is 12.7 Å². The van der Waals surface area contributed by atoms with Gasteiger partial charge in [-0.15, -0.1) is 0 Å². The van der Waals surface area contributed by atoms with Crippen molar-refractivity contribution in [3.8, 4) is 5.75 Å². The van der Waals surface area contributed by atoms with E-state index in [4.69, 9.17) is 15.3 Å². The second kappa shape index (κ2) is 5.79. The second-order valence-corrected chi connectivity index (χ2v) is 3.47. The van der Waals surface area contributed by atoms with E-state index in [2.05, 4.69) is 5.43 Å². The van der Waals surface area contributed by atoms with Crippen molar-refractivity contribution in [1.29, 1.82) is 0 Å². The molecule has 1 rings (SSSR count). The summed E-state index contributed by atoms with van der Waals surface area (Å²) in [5.74, 6) is 5.69. The molecule has 0 aromatic heterocycles. The van der Waals surface area contributed by atoms with E-state index < -0.39 is 0 Å². The Morgan fingerprint density at radius 1 is 1.38 bits per heavy atom. The van der Waals surface area contributed by atoms with Gasteiger partial charge in [-0.05, 0) is 25.1 Å². The molecule has 0 fully saturated rings. The Morgan fingerprint density at radius 3 is 2.56 bits per heavy atom. The van der Waals surface area contributed by atoms with Crippen molar-refractivity contribution in [3.05, 3.63) is 29.6 Å². The van der Waals surface area contributed by atoms with E-state index in [0.29, 0.717) is 11.3 Å². The number of hydrogen-bond acceptors (Lipinski definition) is 4. The summed E-state index contributed by atoms with van der Waals surface area (Å²) in [5.41, 5.74) is 3.24. The van der Waals surface area contributed by atoms with Crippen LogP contribution in [0.5, 0.6) is 5.75 Å². The average Bonchev–Trinajstić information content (AvgIpc) is 2.30. The highest BCUT2D eigenvalue weighted by Crippen LogP contribution is 2.28. The smallest absolute Gasteiger partial charge is 0.123 e. The number of halogens is 1. The molecule has 90 valence electrons. The fourth-order valence-electron chi connectivity index (χ4n) is 1.56. The van der Waals surface area contributed by atoms with Gasteiger partial charge in [0.25, 0.3) is 0 Å². The van der Waals surface area contributed by atoms with Crippen LogP contribution in [0.25, 0.3) is 0 Å². The molecule has 0 spiro atoms. The molecule has 0 saturated carbocycles. The van der Waals surface area contributed by atoms with Crippen LogP contribution in [-0.4, -0.2) is 20.3 Å². The number of ether oxygens (including phenoxy) is 2. The zero-order valence-electron chi connectivity index (χ0n) is 9.66. The fourth-order valence-corrected chi connectivity index (χ4v) is 1.56. The Kier molecular flexibility index (Phi) is 4.67. The Balaban J connectivity index is 3.11. The third-order valence-corrected chi connectivity index (χ3v) is 2.55. The zero-order chi connectivity index (χ0) is 12.1. The second-order valence-electron chi connectivity index (χ2n) is 3.47. The van der Waals surface area contributed by atoms with E-state index >= 15 is 0 Å². The summed E-state index contributed by atoms with van der Waals surface area (Å²) in [7, 11) is 3.10. The molecule has 1 aromatic rings. The number of benzene rings is 1. The average molecular weight is 228 g/mol. The van der Waals surface area contributed by atoms with Gasteiger partial charge >= 0.3 is 0 Å². The summed E-state index contributed by atoms with van der Waals surface area (Å²) in [6.07, 6.45) is -0.194. The van der Waals surface area contributed by atoms with E-state index in [0.717, 1.165) is 0 Å². The van der Waals surface area contributed by atoms with Crippen LogP contribution in [0.15, 0.2) is 18.2 Å². The molecule has 3 N–H and O–H groups in total. The van der Waals surface area contributed by atoms with Crippen LogP contribution in [0, 0.1) is 5.82 Å². The molecule has 0 bridgehead atoms. The Hall–Kier alpha value is -1.17. The van der Waals surface area contributed by atoms with Crippen LogP contribution in [0.1, 0.15) is 18.5 Å². The molecule has 2 atom stereocenters. The lowest BCUT2D eigenvalue weighted by molar-refractivity contribution is 0.0820. The quantitative estimate of drug-likeness (QED) is 0.590. The fraction of sp³-hybridized carbons (Fsp3) is 0.455. The van der Waals surface area contributed by atoms with Crippen molar-refractivity contribution in [1.82, 2.24) is 5.43 Å². The first kappa shape index (κ1) is 12.9. The topological polar surface area (TPSA) is 56.5 Å². The molecule has 0 amide bonds. The minimum absolute atomic E-state index is 0.194. The van der Waals surface area contributed by atoms with Gasteiger partial charge in [-0.25, -0.2) is 4.39 Å². The first-order valence-corrected chi connectivity index (χ1v) is 4.96. The molecule has 2 unspecified atom stereocenters. The van der Waals surface area contributed by atoms with Gasteiger partial charge in [-0.1, -0.05) is 0 Å². The standard InChI is InChI=1S/C11H17FN2O2/c1-7(15-2)11(14-13)9-6-8(12)4-5-10(9)16-3/h4-7,11,14H,13H2,1-3H3. The molecule has 0 heterocycles. The highest BCUT2D eigenvalue weighted by Gasteiger charge is 2.21. The Morgan fingerprint density at radius 2 is 2.06 bits per heavy atom. The van der Waals surface area contributed by atoms with Crippen molar-refractivity contribution in [2.24, 2.45) is 5.84 Å². The molecular formula is C11H17FN2O2. The lowest BCUT2D eigenvalue weighted by Crippen LogP contribution is -2.36. The Bertz CT molecular complexity index is 347. The van der Waals surface area contributed by atoms with Gasteiger partial charge < -0.3 is 9.47 Å². The summed E-state index contributed by atoms with van der Waals surface area (Å²) in [4.78, 5) is 0. The van der Waals surface area contributed by atoms with Crippen LogP contribution < -0.4 is 16.0 Å². The van der Waals surface area contributed by atoms with Crippen LogP contribution in [-0.2, 0) is 4.74 Å². The molecule has 5 heteroatoms. The summed E-state index contributed by atoms with van der Waals surface area (Å²) < 4.78 is 23.5. The third-order valence-electron chi connectivity index (χ3n) is 2.55. The number of hydrazine groups is 1. The minimum Gasteiger partial charge on any atom is -0.496 e. The largest absolute Gasteiger partial charge is 0.496 e. The number of hydrogen-bond donors (Lipinski definition) is 2. The number of methoxy groups -OCH3 is 2. The van der Waals surface area contributed by atoms with Crippen molar-refractivity contribution in [2.75, 3.05) is 14.2 Å². The maximum Gasteiger partial charge on any atom is 0.123 e. The summed E-state index contributed by atoms with van der Waals surface area (Å²) >= 11 is 0. The summed E-state index contributed by atoms with van der Waals surface area (Å²) in [6.45, 7) is 1.84. The molecule has 0 saturated heterocycles.